The molecule has 1 amide bonds. The molecule has 0 radical (unpaired) electrons. The molecule has 1 N–H and O–H groups in total. The van der Waals surface area contributed by atoms with Crippen LogP contribution in [0.5, 0.6) is 0 Å². The molecule has 0 saturated carbocycles. The number of carbonyl (C=O) groups is 2. The first-order chi connectivity index (χ1) is 13.9. The van der Waals surface area contributed by atoms with Gasteiger partial charge >= 0.3 is 0 Å². The van der Waals surface area contributed by atoms with Crippen molar-refractivity contribution in [2.75, 3.05) is 4.90 Å². The van der Waals surface area contributed by atoms with Gasteiger partial charge in [-0.25, -0.2) is 8.78 Å². The third-order valence-corrected chi connectivity index (χ3v) is 4.77. The lowest BCUT2D eigenvalue weighted by Crippen LogP contribution is -2.29. The smallest absolute Gasteiger partial charge is 0.300 e. The molecule has 1 aromatic heterocycles. The zero-order valence-electron chi connectivity index (χ0n) is 14.6. The highest BCUT2D eigenvalue weighted by Crippen LogP contribution is 2.42. The SMILES string of the molecule is O=C1C(=O)N(c2ccc(F)c(F)c2)C(c2ccco2)/C1=C(/O)c1cccc(Cl)c1. The van der Waals surface area contributed by atoms with E-state index in [0.717, 1.165) is 17.0 Å². The van der Waals surface area contributed by atoms with Gasteiger partial charge in [0.15, 0.2) is 11.6 Å². The third kappa shape index (κ3) is 3.19. The fraction of sp³-hybridized carbons (Fsp3) is 0.0476. The van der Waals surface area contributed by atoms with E-state index in [1.807, 2.05) is 0 Å². The first kappa shape index (κ1) is 18.9. The van der Waals surface area contributed by atoms with E-state index < -0.39 is 35.1 Å². The Labute approximate surface area is 168 Å². The molecule has 4 rings (SSSR count). The highest BCUT2D eigenvalue weighted by molar-refractivity contribution is 6.51. The largest absolute Gasteiger partial charge is 0.507 e. The van der Waals surface area contributed by atoms with Gasteiger partial charge < -0.3 is 9.52 Å². The van der Waals surface area contributed by atoms with Gasteiger partial charge in [-0.15, -0.1) is 0 Å². The summed E-state index contributed by atoms with van der Waals surface area (Å²) in [6.45, 7) is 0. The monoisotopic (exact) mass is 415 g/mol. The fourth-order valence-corrected chi connectivity index (χ4v) is 3.43. The number of carbonyl (C=O) groups excluding carboxylic acids is 2. The molecule has 29 heavy (non-hydrogen) atoms. The second-order valence-corrected chi connectivity index (χ2v) is 6.73. The molecular weight excluding hydrogens is 404 g/mol. The van der Waals surface area contributed by atoms with Crippen molar-refractivity contribution in [3.05, 3.63) is 94.4 Å². The minimum absolute atomic E-state index is 0.0578. The predicted molar refractivity (Wildman–Crippen MR) is 101 cm³/mol. The van der Waals surface area contributed by atoms with Crippen LogP contribution in [0.3, 0.4) is 0 Å². The van der Waals surface area contributed by atoms with Gasteiger partial charge in [0.05, 0.1) is 11.8 Å². The van der Waals surface area contributed by atoms with Crippen LogP contribution in [0.4, 0.5) is 14.5 Å². The Morgan fingerprint density at radius 2 is 1.83 bits per heavy atom. The van der Waals surface area contributed by atoms with E-state index in [-0.39, 0.29) is 22.6 Å². The van der Waals surface area contributed by atoms with Crippen molar-refractivity contribution in [3.8, 4) is 0 Å². The highest BCUT2D eigenvalue weighted by Gasteiger charge is 2.48. The molecule has 146 valence electrons. The molecule has 5 nitrogen and oxygen atoms in total. The van der Waals surface area contributed by atoms with Crippen LogP contribution in [-0.2, 0) is 9.59 Å². The molecule has 1 saturated heterocycles. The topological polar surface area (TPSA) is 70.8 Å². The molecule has 2 aromatic carbocycles. The van der Waals surface area contributed by atoms with Crippen LogP contribution in [0.2, 0.25) is 5.02 Å². The normalized spacial score (nSPS) is 18.4. The number of hydrogen-bond donors (Lipinski definition) is 1. The van der Waals surface area contributed by atoms with E-state index in [2.05, 4.69) is 0 Å². The zero-order chi connectivity index (χ0) is 20.7. The van der Waals surface area contributed by atoms with Crippen molar-refractivity contribution in [1.82, 2.24) is 0 Å². The Kier molecular flexibility index (Phi) is 4.68. The second kappa shape index (κ2) is 7.18. The number of aliphatic hydroxyl groups excluding tert-OH is 1. The van der Waals surface area contributed by atoms with Crippen molar-refractivity contribution in [2.45, 2.75) is 6.04 Å². The maximum Gasteiger partial charge on any atom is 0.300 e. The molecule has 8 heteroatoms. The average Bonchev–Trinajstić information content (AvgIpc) is 3.31. The lowest BCUT2D eigenvalue weighted by Gasteiger charge is -2.23. The standard InChI is InChI=1S/C21H12ClF2NO4/c22-12-4-1-3-11(9-12)19(26)17-18(16-5-2-8-29-16)25(21(28)20(17)27)13-6-7-14(23)15(24)10-13/h1-10,18,26H/b19-17-. The van der Waals surface area contributed by atoms with E-state index in [9.17, 15) is 23.5 Å². The van der Waals surface area contributed by atoms with Gasteiger partial charge in [-0.3, -0.25) is 14.5 Å². The zero-order valence-corrected chi connectivity index (χ0v) is 15.4. The molecule has 0 spiro atoms. The van der Waals surface area contributed by atoms with Crippen molar-refractivity contribution in [3.63, 3.8) is 0 Å². The molecule has 3 aromatic rings. The van der Waals surface area contributed by atoms with E-state index in [1.165, 1.54) is 30.5 Å². The van der Waals surface area contributed by atoms with Gasteiger partial charge in [0.25, 0.3) is 11.7 Å². The van der Waals surface area contributed by atoms with Gasteiger partial charge in [-0.2, -0.15) is 0 Å². The van der Waals surface area contributed by atoms with Gasteiger partial charge in [0, 0.05) is 22.3 Å². The number of amides is 1. The van der Waals surface area contributed by atoms with Crippen molar-refractivity contribution >= 4 is 34.7 Å². The minimum Gasteiger partial charge on any atom is -0.507 e. The van der Waals surface area contributed by atoms with Crippen molar-refractivity contribution in [2.24, 2.45) is 0 Å². The molecule has 1 atom stereocenters. The van der Waals surface area contributed by atoms with Gasteiger partial charge in [-0.05, 0) is 36.4 Å². The summed E-state index contributed by atoms with van der Waals surface area (Å²) < 4.78 is 32.5. The molecule has 1 unspecified atom stereocenters. The summed E-state index contributed by atoms with van der Waals surface area (Å²) in [4.78, 5) is 26.5. The lowest BCUT2D eigenvalue weighted by molar-refractivity contribution is -0.132. The summed E-state index contributed by atoms with van der Waals surface area (Å²) in [5, 5.41) is 11.1. The molecule has 1 fully saturated rings. The second-order valence-electron chi connectivity index (χ2n) is 6.29. The van der Waals surface area contributed by atoms with Crippen LogP contribution in [-0.4, -0.2) is 16.8 Å². The summed E-state index contributed by atoms with van der Waals surface area (Å²) in [6, 6.07) is 10.8. The Balaban J connectivity index is 1.94. The van der Waals surface area contributed by atoms with Gasteiger partial charge in [0.1, 0.15) is 17.6 Å². The predicted octanol–water partition coefficient (Wildman–Crippen LogP) is 4.84. The maximum absolute atomic E-state index is 13.8. The molecule has 2 heterocycles. The summed E-state index contributed by atoms with van der Waals surface area (Å²) in [6.07, 6.45) is 1.33. The van der Waals surface area contributed by atoms with Crippen LogP contribution >= 0.6 is 11.6 Å². The van der Waals surface area contributed by atoms with E-state index in [0.29, 0.717) is 5.02 Å². The Morgan fingerprint density at radius 1 is 1.03 bits per heavy atom. The minimum atomic E-state index is -1.18. The van der Waals surface area contributed by atoms with Gasteiger partial charge in [-0.1, -0.05) is 23.7 Å². The number of furan rings is 1. The van der Waals surface area contributed by atoms with Crippen LogP contribution in [0, 0.1) is 11.6 Å². The van der Waals surface area contributed by atoms with Crippen molar-refractivity contribution < 1.29 is 27.9 Å². The molecule has 0 aliphatic carbocycles. The lowest BCUT2D eigenvalue weighted by atomic mass is 9.99. The van der Waals surface area contributed by atoms with E-state index >= 15 is 0 Å². The molecule has 0 bridgehead atoms. The number of hydrogen-bond acceptors (Lipinski definition) is 4. The summed E-state index contributed by atoms with van der Waals surface area (Å²) in [7, 11) is 0. The number of benzene rings is 2. The van der Waals surface area contributed by atoms with Crippen LogP contribution in [0.1, 0.15) is 17.4 Å². The first-order valence-corrected chi connectivity index (χ1v) is 8.81. The summed E-state index contributed by atoms with van der Waals surface area (Å²) >= 11 is 5.96. The van der Waals surface area contributed by atoms with Gasteiger partial charge in [0.2, 0.25) is 0 Å². The Bertz CT molecular complexity index is 1160. The van der Waals surface area contributed by atoms with Crippen molar-refractivity contribution in [1.29, 1.82) is 0 Å². The average molecular weight is 416 g/mol. The van der Waals surface area contributed by atoms with Crippen LogP contribution < -0.4 is 4.90 Å². The summed E-state index contributed by atoms with van der Waals surface area (Å²) in [5.74, 6) is -4.58. The molecule has 1 aliphatic rings. The number of halogens is 3. The quantitative estimate of drug-likeness (QED) is 0.377. The number of nitrogens with zero attached hydrogens (tertiary/aromatic N) is 1. The Hall–Kier alpha value is -3.45. The Morgan fingerprint density at radius 3 is 2.48 bits per heavy atom. The van der Waals surface area contributed by atoms with E-state index in [4.69, 9.17) is 16.0 Å². The third-order valence-electron chi connectivity index (χ3n) is 4.54. The number of Topliss-reactive ketones (excluding diaryl/α,β-unsaturated/α-hetero) is 1. The maximum atomic E-state index is 13.8. The van der Waals surface area contributed by atoms with Crippen LogP contribution in [0.25, 0.3) is 5.76 Å². The number of aliphatic hydroxyl groups is 1. The number of anilines is 1. The highest BCUT2D eigenvalue weighted by atomic mass is 35.5. The summed E-state index contributed by atoms with van der Waals surface area (Å²) in [5.41, 5.74) is -0.0909. The molecular formula is C21H12ClF2NO4. The first-order valence-electron chi connectivity index (χ1n) is 8.44. The molecule has 1 aliphatic heterocycles. The van der Waals surface area contributed by atoms with Crippen LogP contribution in [0.15, 0.2) is 70.9 Å². The fourth-order valence-electron chi connectivity index (χ4n) is 3.24. The number of ketones is 1. The number of rotatable bonds is 3. The van der Waals surface area contributed by atoms with E-state index in [1.54, 1.807) is 18.2 Å².